The minimum atomic E-state index is 0.285. The standard InChI is InChI=1S/C11H14O3/c1-7(2)10-6-13-5-8-3-9(4-12)14-11(8)10/h3-4,7,10H,5-6H2,1-2H3. The Morgan fingerprint density at radius 3 is 3.00 bits per heavy atom. The highest BCUT2D eigenvalue weighted by atomic mass is 16.5. The predicted octanol–water partition coefficient (Wildman–Crippen LogP) is 2.36. The smallest absolute Gasteiger partial charge is 0.185 e. The SMILES string of the molecule is CC(C)C1COCc2cc(C=O)oc21. The first kappa shape index (κ1) is 9.46. The maximum atomic E-state index is 10.6. The zero-order valence-corrected chi connectivity index (χ0v) is 8.45. The topological polar surface area (TPSA) is 39.4 Å². The number of hydrogen-bond acceptors (Lipinski definition) is 3. The van der Waals surface area contributed by atoms with Crippen LogP contribution in [-0.4, -0.2) is 12.9 Å². The number of aldehydes is 1. The van der Waals surface area contributed by atoms with E-state index in [0.717, 1.165) is 17.6 Å². The van der Waals surface area contributed by atoms with Crippen molar-refractivity contribution in [2.45, 2.75) is 26.4 Å². The minimum Gasteiger partial charge on any atom is -0.458 e. The van der Waals surface area contributed by atoms with E-state index in [1.165, 1.54) is 0 Å². The number of fused-ring (bicyclic) bond motifs is 1. The number of hydrogen-bond donors (Lipinski definition) is 0. The van der Waals surface area contributed by atoms with Crippen molar-refractivity contribution in [2.75, 3.05) is 6.61 Å². The van der Waals surface area contributed by atoms with Crippen LogP contribution in [0.2, 0.25) is 0 Å². The van der Waals surface area contributed by atoms with Crippen LogP contribution in [0.15, 0.2) is 10.5 Å². The fourth-order valence-corrected chi connectivity index (χ4v) is 1.82. The molecule has 1 aromatic rings. The monoisotopic (exact) mass is 194 g/mol. The van der Waals surface area contributed by atoms with Gasteiger partial charge in [-0.3, -0.25) is 4.79 Å². The molecule has 0 radical (unpaired) electrons. The Hall–Kier alpha value is -1.09. The van der Waals surface area contributed by atoms with Gasteiger partial charge in [-0.05, 0) is 12.0 Å². The second kappa shape index (κ2) is 3.58. The van der Waals surface area contributed by atoms with Crippen molar-refractivity contribution in [3.05, 3.63) is 23.2 Å². The molecule has 2 rings (SSSR count). The highest BCUT2D eigenvalue weighted by molar-refractivity contribution is 5.71. The summed E-state index contributed by atoms with van der Waals surface area (Å²) in [5.74, 6) is 2.10. The fourth-order valence-electron chi connectivity index (χ4n) is 1.82. The van der Waals surface area contributed by atoms with Crippen LogP contribution in [0.25, 0.3) is 0 Å². The molecule has 0 fully saturated rings. The number of ether oxygens (including phenoxy) is 1. The maximum absolute atomic E-state index is 10.6. The Bertz CT molecular complexity index is 338. The zero-order valence-electron chi connectivity index (χ0n) is 8.45. The third kappa shape index (κ3) is 1.48. The van der Waals surface area contributed by atoms with Crippen molar-refractivity contribution in [1.82, 2.24) is 0 Å². The van der Waals surface area contributed by atoms with E-state index in [2.05, 4.69) is 13.8 Å². The molecule has 76 valence electrons. The molecule has 3 nitrogen and oxygen atoms in total. The van der Waals surface area contributed by atoms with Gasteiger partial charge in [0.1, 0.15) is 5.76 Å². The zero-order chi connectivity index (χ0) is 10.1. The molecule has 1 atom stereocenters. The van der Waals surface area contributed by atoms with E-state index >= 15 is 0 Å². The van der Waals surface area contributed by atoms with Crippen molar-refractivity contribution in [1.29, 1.82) is 0 Å². The summed E-state index contributed by atoms with van der Waals surface area (Å²) in [4.78, 5) is 10.6. The lowest BCUT2D eigenvalue weighted by Crippen LogP contribution is -2.19. The molecular formula is C11H14O3. The first-order chi connectivity index (χ1) is 6.72. The third-order valence-electron chi connectivity index (χ3n) is 2.67. The summed E-state index contributed by atoms with van der Waals surface area (Å²) in [5.41, 5.74) is 1.03. The van der Waals surface area contributed by atoms with Gasteiger partial charge in [0.15, 0.2) is 12.0 Å². The van der Waals surface area contributed by atoms with Gasteiger partial charge in [0.05, 0.1) is 13.2 Å². The van der Waals surface area contributed by atoms with E-state index in [-0.39, 0.29) is 5.92 Å². The third-order valence-corrected chi connectivity index (χ3v) is 2.67. The Morgan fingerprint density at radius 2 is 2.36 bits per heavy atom. The van der Waals surface area contributed by atoms with E-state index < -0.39 is 0 Å². The van der Waals surface area contributed by atoms with Gasteiger partial charge in [-0.1, -0.05) is 13.8 Å². The molecule has 0 spiro atoms. The lowest BCUT2D eigenvalue weighted by molar-refractivity contribution is 0.0694. The lowest BCUT2D eigenvalue weighted by Gasteiger charge is -2.24. The van der Waals surface area contributed by atoms with Gasteiger partial charge in [-0.2, -0.15) is 0 Å². The number of rotatable bonds is 2. The van der Waals surface area contributed by atoms with E-state index in [1.807, 2.05) is 0 Å². The molecule has 14 heavy (non-hydrogen) atoms. The van der Waals surface area contributed by atoms with Crippen LogP contribution in [-0.2, 0) is 11.3 Å². The molecule has 0 saturated heterocycles. The van der Waals surface area contributed by atoms with E-state index in [1.54, 1.807) is 6.07 Å². The summed E-state index contributed by atoms with van der Waals surface area (Å²) in [7, 11) is 0. The first-order valence-corrected chi connectivity index (χ1v) is 4.88. The highest BCUT2D eigenvalue weighted by Crippen LogP contribution is 2.33. The summed E-state index contributed by atoms with van der Waals surface area (Å²) in [6.07, 6.45) is 0.746. The Morgan fingerprint density at radius 1 is 1.57 bits per heavy atom. The van der Waals surface area contributed by atoms with Gasteiger partial charge in [0, 0.05) is 11.5 Å². The van der Waals surface area contributed by atoms with Crippen molar-refractivity contribution in [3.8, 4) is 0 Å². The molecule has 2 heterocycles. The fraction of sp³-hybridized carbons (Fsp3) is 0.545. The molecule has 0 aromatic carbocycles. The summed E-state index contributed by atoms with van der Waals surface area (Å²) in [6.45, 7) is 5.52. The molecule has 3 heteroatoms. The maximum Gasteiger partial charge on any atom is 0.185 e. The summed E-state index contributed by atoms with van der Waals surface area (Å²) in [6, 6.07) is 1.77. The molecule has 0 aliphatic carbocycles. The number of furan rings is 1. The molecule has 1 aliphatic rings. The van der Waals surface area contributed by atoms with Crippen molar-refractivity contribution < 1.29 is 13.9 Å². The van der Waals surface area contributed by atoms with Crippen LogP contribution in [0, 0.1) is 5.92 Å². The second-order valence-electron chi connectivity index (χ2n) is 4.02. The average molecular weight is 194 g/mol. The Balaban J connectivity index is 2.38. The van der Waals surface area contributed by atoms with Crippen LogP contribution >= 0.6 is 0 Å². The molecule has 1 unspecified atom stereocenters. The minimum absolute atomic E-state index is 0.285. The normalized spacial score (nSPS) is 20.9. The molecule has 0 N–H and O–H groups in total. The molecule has 0 amide bonds. The van der Waals surface area contributed by atoms with Gasteiger partial charge in [-0.25, -0.2) is 0 Å². The van der Waals surface area contributed by atoms with Crippen molar-refractivity contribution in [3.63, 3.8) is 0 Å². The highest BCUT2D eigenvalue weighted by Gasteiger charge is 2.27. The summed E-state index contributed by atoms with van der Waals surface area (Å²) >= 11 is 0. The Labute approximate surface area is 83.0 Å². The largest absolute Gasteiger partial charge is 0.458 e. The van der Waals surface area contributed by atoms with Gasteiger partial charge in [0.2, 0.25) is 0 Å². The molecular weight excluding hydrogens is 180 g/mol. The van der Waals surface area contributed by atoms with E-state index in [9.17, 15) is 4.79 Å². The first-order valence-electron chi connectivity index (χ1n) is 4.88. The summed E-state index contributed by atoms with van der Waals surface area (Å²) < 4.78 is 10.9. The van der Waals surface area contributed by atoms with Gasteiger partial charge in [-0.15, -0.1) is 0 Å². The average Bonchev–Trinajstić information content (AvgIpc) is 2.59. The van der Waals surface area contributed by atoms with E-state index in [4.69, 9.17) is 9.15 Å². The van der Waals surface area contributed by atoms with Crippen LogP contribution in [0.3, 0.4) is 0 Å². The van der Waals surface area contributed by atoms with Crippen LogP contribution < -0.4 is 0 Å². The van der Waals surface area contributed by atoms with Crippen molar-refractivity contribution in [2.24, 2.45) is 5.92 Å². The number of carbonyl (C=O) groups excluding carboxylic acids is 1. The van der Waals surface area contributed by atoms with Crippen LogP contribution in [0.4, 0.5) is 0 Å². The lowest BCUT2D eigenvalue weighted by atomic mass is 9.91. The Kier molecular flexibility index (Phi) is 2.42. The number of carbonyl (C=O) groups is 1. The predicted molar refractivity (Wildman–Crippen MR) is 51.3 cm³/mol. The molecule has 0 saturated carbocycles. The molecule has 1 aliphatic heterocycles. The van der Waals surface area contributed by atoms with Gasteiger partial charge in [0.25, 0.3) is 0 Å². The van der Waals surface area contributed by atoms with Crippen LogP contribution in [0.1, 0.15) is 41.6 Å². The molecule has 1 aromatic heterocycles. The van der Waals surface area contributed by atoms with E-state index in [0.29, 0.717) is 24.9 Å². The van der Waals surface area contributed by atoms with Gasteiger partial charge < -0.3 is 9.15 Å². The van der Waals surface area contributed by atoms with Crippen molar-refractivity contribution >= 4 is 6.29 Å². The van der Waals surface area contributed by atoms with Crippen LogP contribution in [0.5, 0.6) is 0 Å². The quantitative estimate of drug-likeness (QED) is 0.678. The second-order valence-corrected chi connectivity index (χ2v) is 4.02. The summed E-state index contributed by atoms with van der Waals surface area (Å²) in [5, 5.41) is 0. The van der Waals surface area contributed by atoms with Gasteiger partial charge >= 0.3 is 0 Å². The molecule has 0 bridgehead atoms.